The smallest absolute Gasteiger partial charge is 0.266 e. The molecule has 33 heavy (non-hydrogen) atoms. The van der Waals surface area contributed by atoms with Crippen LogP contribution in [-0.2, 0) is 9.59 Å². The van der Waals surface area contributed by atoms with E-state index in [0.717, 1.165) is 4.47 Å². The number of methoxy groups -OCH3 is 1. The zero-order valence-electron chi connectivity index (χ0n) is 17.7. The van der Waals surface area contributed by atoms with E-state index in [2.05, 4.69) is 26.6 Å². The van der Waals surface area contributed by atoms with Crippen molar-refractivity contribution in [2.45, 2.75) is 0 Å². The lowest BCUT2D eigenvalue weighted by atomic mass is 10.1. The first-order chi connectivity index (χ1) is 16.0. The maximum absolute atomic E-state index is 12.4. The lowest BCUT2D eigenvalue weighted by Crippen LogP contribution is -2.20. The Labute approximate surface area is 199 Å². The summed E-state index contributed by atoms with van der Waals surface area (Å²) >= 11 is 3.34. The second-order valence-corrected chi connectivity index (χ2v) is 7.68. The molecule has 0 radical (unpaired) electrons. The number of rotatable bonds is 8. The molecule has 0 aromatic heterocycles. The van der Waals surface area contributed by atoms with Crippen LogP contribution in [0, 0.1) is 11.3 Å². The summed E-state index contributed by atoms with van der Waals surface area (Å²) in [4.78, 5) is 24.4. The normalized spacial score (nSPS) is 10.6. The second-order valence-electron chi connectivity index (χ2n) is 6.77. The third-order valence-electron chi connectivity index (χ3n) is 4.40. The van der Waals surface area contributed by atoms with Crippen molar-refractivity contribution in [1.29, 1.82) is 5.26 Å². The quantitative estimate of drug-likeness (QED) is 0.330. The molecular formula is C25H20BrN3O4. The molecule has 3 aromatic carbocycles. The predicted octanol–water partition coefficient (Wildman–Crippen LogP) is 5.02. The molecule has 0 aliphatic heterocycles. The number of ether oxygens (including phenoxy) is 2. The van der Waals surface area contributed by atoms with Crippen LogP contribution in [0.2, 0.25) is 0 Å². The van der Waals surface area contributed by atoms with Crippen molar-refractivity contribution in [3.63, 3.8) is 0 Å². The van der Waals surface area contributed by atoms with E-state index in [4.69, 9.17) is 9.47 Å². The number of carbonyl (C=O) groups is 2. The minimum absolute atomic E-state index is 0.0478. The van der Waals surface area contributed by atoms with Crippen molar-refractivity contribution < 1.29 is 19.1 Å². The van der Waals surface area contributed by atoms with E-state index in [1.807, 2.05) is 18.2 Å². The van der Waals surface area contributed by atoms with Crippen LogP contribution in [0.5, 0.6) is 11.5 Å². The largest absolute Gasteiger partial charge is 0.497 e. The van der Waals surface area contributed by atoms with Gasteiger partial charge in [-0.3, -0.25) is 9.59 Å². The summed E-state index contributed by atoms with van der Waals surface area (Å²) in [5.41, 5.74) is 1.81. The summed E-state index contributed by atoms with van der Waals surface area (Å²) in [6.07, 6.45) is 1.48. The monoisotopic (exact) mass is 505 g/mol. The molecule has 8 heteroatoms. The van der Waals surface area contributed by atoms with E-state index in [-0.39, 0.29) is 18.1 Å². The molecule has 0 bridgehead atoms. The summed E-state index contributed by atoms with van der Waals surface area (Å²) in [6, 6.07) is 22.6. The minimum atomic E-state index is -0.521. The molecule has 0 aliphatic rings. The number of halogens is 1. The van der Waals surface area contributed by atoms with Crippen molar-refractivity contribution >= 4 is 45.2 Å². The van der Waals surface area contributed by atoms with E-state index in [1.165, 1.54) is 6.08 Å². The molecule has 166 valence electrons. The zero-order valence-corrected chi connectivity index (χ0v) is 19.3. The molecule has 3 rings (SSSR count). The van der Waals surface area contributed by atoms with Gasteiger partial charge in [0, 0.05) is 15.8 Å². The van der Waals surface area contributed by atoms with Gasteiger partial charge in [-0.2, -0.15) is 5.26 Å². The number of hydrogen-bond donors (Lipinski definition) is 2. The van der Waals surface area contributed by atoms with Gasteiger partial charge < -0.3 is 20.1 Å². The van der Waals surface area contributed by atoms with Crippen LogP contribution in [0.4, 0.5) is 11.4 Å². The van der Waals surface area contributed by atoms with Crippen LogP contribution in [0.15, 0.2) is 82.8 Å². The Balaban J connectivity index is 1.56. The highest BCUT2D eigenvalue weighted by molar-refractivity contribution is 9.10. The Morgan fingerprint density at radius 2 is 1.48 bits per heavy atom. The number of hydrogen-bond acceptors (Lipinski definition) is 5. The Hall–Kier alpha value is -4.09. The maximum Gasteiger partial charge on any atom is 0.266 e. The lowest BCUT2D eigenvalue weighted by molar-refractivity contribution is -0.118. The average molecular weight is 506 g/mol. The van der Waals surface area contributed by atoms with E-state index in [9.17, 15) is 14.9 Å². The second kappa shape index (κ2) is 11.5. The fourth-order valence-corrected chi connectivity index (χ4v) is 2.99. The first-order valence-corrected chi connectivity index (χ1v) is 10.6. The average Bonchev–Trinajstić information content (AvgIpc) is 2.84. The van der Waals surface area contributed by atoms with Gasteiger partial charge in [-0.25, -0.2) is 0 Å². The Morgan fingerprint density at radius 1 is 0.909 bits per heavy atom. The molecule has 2 amide bonds. The standard InChI is InChI=1S/C25H20BrN3O4/c1-32-22-12-8-21(9-13-22)29-25(31)18(15-27)14-17-2-10-23(11-3-17)33-16-24(30)28-20-6-4-19(26)5-7-20/h2-14H,16H2,1H3,(H,28,30)(H,29,31)/b18-14+. The molecule has 3 aromatic rings. The van der Waals surface area contributed by atoms with Crippen molar-refractivity contribution in [3.8, 4) is 17.6 Å². The fraction of sp³-hybridized carbons (Fsp3) is 0.0800. The number of nitrogens with zero attached hydrogens (tertiary/aromatic N) is 1. The first kappa shape index (κ1) is 23.6. The van der Waals surface area contributed by atoms with Crippen LogP contribution in [-0.4, -0.2) is 25.5 Å². The molecule has 0 fully saturated rings. The number of carbonyl (C=O) groups excluding carboxylic acids is 2. The molecule has 0 unspecified atom stereocenters. The summed E-state index contributed by atoms with van der Waals surface area (Å²) in [6.45, 7) is -0.154. The van der Waals surface area contributed by atoms with E-state index in [1.54, 1.807) is 67.8 Å². The van der Waals surface area contributed by atoms with Crippen molar-refractivity contribution in [2.75, 3.05) is 24.4 Å². The van der Waals surface area contributed by atoms with Gasteiger partial charge in [0.25, 0.3) is 11.8 Å². The summed E-state index contributed by atoms with van der Waals surface area (Å²) in [7, 11) is 1.55. The Kier molecular flexibility index (Phi) is 8.22. The molecule has 0 saturated heterocycles. The Bertz CT molecular complexity index is 1180. The number of anilines is 2. The highest BCUT2D eigenvalue weighted by Gasteiger charge is 2.10. The number of nitriles is 1. The summed E-state index contributed by atoms with van der Waals surface area (Å²) in [5, 5.41) is 14.8. The third-order valence-corrected chi connectivity index (χ3v) is 4.93. The molecule has 7 nitrogen and oxygen atoms in total. The number of nitrogens with one attached hydrogen (secondary N) is 2. The maximum atomic E-state index is 12.4. The van der Waals surface area contributed by atoms with Crippen LogP contribution in [0.1, 0.15) is 5.56 Å². The number of amides is 2. The molecular weight excluding hydrogens is 486 g/mol. The van der Waals surface area contributed by atoms with Gasteiger partial charge in [0.2, 0.25) is 0 Å². The molecule has 0 saturated carbocycles. The van der Waals surface area contributed by atoms with Gasteiger partial charge in [0.1, 0.15) is 23.1 Å². The topological polar surface area (TPSA) is 100 Å². The zero-order chi connectivity index (χ0) is 23.6. The summed E-state index contributed by atoms with van der Waals surface area (Å²) in [5.74, 6) is 0.340. The van der Waals surface area contributed by atoms with Crippen LogP contribution < -0.4 is 20.1 Å². The third kappa shape index (κ3) is 7.23. The van der Waals surface area contributed by atoms with Crippen molar-refractivity contribution in [2.24, 2.45) is 0 Å². The van der Waals surface area contributed by atoms with Gasteiger partial charge in [0.05, 0.1) is 7.11 Å². The highest BCUT2D eigenvalue weighted by atomic mass is 79.9. The molecule has 0 aliphatic carbocycles. The summed E-state index contributed by atoms with van der Waals surface area (Å²) < 4.78 is 11.5. The van der Waals surface area contributed by atoms with Crippen molar-refractivity contribution in [1.82, 2.24) is 0 Å². The minimum Gasteiger partial charge on any atom is -0.497 e. The molecule has 0 spiro atoms. The molecule has 0 heterocycles. The predicted molar refractivity (Wildman–Crippen MR) is 130 cm³/mol. The van der Waals surface area contributed by atoms with Gasteiger partial charge in [-0.1, -0.05) is 28.1 Å². The number of benzene rings is 3. The van der Waals surface area contributed by atoms with E-state index >= 15 is 0 Å². The lowest BCUT2D eigenvalue weighted by Gasteiger charge is -2.08. The Morgan fingerprint density at radius 3 is 2.09 bits per heavy atom. The van der Waals surface area contributed by atoms with Crippen LogP contribution in [0.25, 0.3) is 6.08 Å². The van der Waals surface area contributed by atoms with Gasteiger partial charge >= 0.3 is 0 Å². The van der Waals surface area contributed by atoms with Gasteiger partial charge in [-0.05, 0) is 72.3 Å². The molecule has 2 N–H and O–H groups in total. The van der Waals surface area contributed by atoms with Gasteiger partial charge in [-0.15, -0.1) is 0 Å². The van der Waals surface area contributed by atoms with E-state index in [0.29, 0.717) is 28.4 Å². The van der Waals surface area contributed by atoms with Gasteiger partial charge in [0.15, 0.2) is 6.61 Å². The first-order valence-electron chi connectivity index (χ1n) is 9.82. The SMILES string of the molecule is COc1ccc(NC(=O)/C(C#N)=C/c2ccc(OCC(=O)Nc3ccc(Br)cc3)cc2)cc1. The fourth-order valence-electron chi connectivity index (χ4n) is 2.73. The molecule has 0 atom stereocenters. The van der Waals surface area contributed by atoms with E-state index < -0.39 is 5.91 Å². The van der Waals surface area contributed by atoms with Crippen LogP contribution >= 0.6 is 15.9 Å². The highest BCUT2D eigenvalue weighted by Crippen LogP contribution is 2.18. The van der Waals surface area contributed by atoms with Crippen LogP contribution in [0.3, 0.4) is 0 Å². The van der Waals surface area contributed by atoms with Crippen molar-refractivity contribution in [3.05, 3.63) is 88.4 Å².